The highest BCUT2D eigenvalue weighted by molar-refractivity contribution is 5.51. The molecule has 2 aromatic carbocycles. The van der Waals surface area contributed by atoms with Gasteiger partial charge >= 0.3 is 0 Å². The van der Waals surface area contributed by atoms with Crippen molar-refractivity contribution in [1.82, 2.24) is 0 Å². The Morgan fingerprint density at radius 1 is 0.345 bits per heavy atom. The second-order valence-corrected chi connectivity index (χ2v) is 13.1. The first-order chi connectivity index (χ1) is 28.8. The van der Waals surface area contributed by atoms with E-state index < -0.39 is 0 Å². The van der Waals surface area contributed by atoms with Crippen molar-refractivity contribution >= 4 is 5.69 Å². The van der Waals surface area contributed by atoms with Gasteiger partial charge in [-0.25, -0.2) is 0 Å². The van der Waals surface area contributed by atoms with E-state index in [0.29, 0.717) is 170 Å². The van der Waals surface area contributed by atoms with Crippen LogP contribution in [-0.2, 0) is 58.5 Å². The van der Waals surface area contributed by atoms with Crippen molar-refractivity contribution in [2.75, 3.05) is 164 Å². The lowest BCUT2D eigenvalue weighted by Crippen LogP contribution is -2.15. The molecule has 14 nitrogen and oxygen atoms in total. The zero-order chi connectivity index (χ0) is 41.1. The monoisotopic (exact) mass is 826 g/mol. The highest BCUT2D eigenvalue weighted by Gasteiger charge is 2.01. The van der Waals surface area contributed by atoms with Crippen molar-refractivity contribution < 1.29 is 61.6 Å². The largest absolute Gasteiger partial charge is 0.491 e. The van der Waals surface area contributed by atoms with Crippen LogP contribution in [0.4, 0.5) is 5.69 Å². The Morgan fingerprint density at radius 2 is 0.672 bits per heavy atom. The van der Waals surface area contributed by atoms with Crippen LogP contribution in [0, 0.1) is 0 Å². The standard InChI is InChI=1S/C44H75NO13/c1-2-3-4-5-6-7-10-41-13-15-42(16-14-41)57-39-37-55-35-33-53-31-29-51-27-25-49-23-21-47-19-17-46-18-20-48-22-24-50-26-28-52-30-32-54-34-36-56-38-40-58-44-12-9-8-11-43(44)45/h8-9,11-16H,2-7,10,17-40,45H2,1H3. The van der Waals surface area contributed by atoms with E-state index in [2.05, 4.69) is 19.1 Å². The summed E-state index contributed by atoms with van der Waals surface area (Å²) in [6, 6.07) is 15.8. The van der Waals surface area contributed by atoms with Gasteiger partial charge in [0, 0.05) is 0 Å². The molecule has 334 valence electrons. The first-order valence-electron chi connectivity index (χ1n) is 21.3. The molecule has 2 aromatic rings. The lowest BCUT2D eigenvalue weighted by Gasteiger charge is -2.10. The van der Waals surface area contributed by atoms with Crippen LogP contribution in [0.1, 0.15) is 51.0 Å². The smallest absolute Gasteiger partial charge is 0.142 e. The summed E-state index contributed by atoms with van der Waals surface area (Å²) < 4.78 is 72.1. The number of hydrogen-bond acceptors (Lipinski definition) is 14. The van der Waals surface area contributed by atoms with Gasteiger partial charge in [-0.3, -0.25) is 0 Å². The summed E-state index contributed by atoms with van der Waals surface area (Å²) in [4.78, 5) is 0. The van der Waals surface area contributed by atoms with E-state index in [4.69, 9.17) is 67.3 Å². The van der Waals surface area contributed by atoms with Crippen LogP contribution in [0.15, 0.2) is 48.5 Å². The minimum absolute atomic E-state index is 0.436. The third kappa shape index (κ3) is 33.3. The summed E-state index contributed by atoms with van der Waals surface area (Å²) in [6.45, 7) is 14.3. The van der Waals surface area contributed by atoms with Crippen LogP contribution in [0.5, 0.6) is 11.5 Å². The molecule has 0 radical (unpaired) electrons. The van der Waals surface area contributed by atoms with Crippen LogP contribution < -0.4 is 15.2 Å². The van der Waals surface area contributed by atoms with Gasteiger partial charge in [-0.05, 0) is 42.7 Å². The van der Waals surface area contributed by atoms with Crippen molar-refractivity contribution in [2.45, 2.75) is 51.9 Å². The number of nitrogens with two attached hydrogens (primary N) is 1. The highest BCUT2D eigenvalue weighted by atomic mass is 16.6. The van der Waals surface area contributed by atoms with Gasteiger partial charge < -0.3 is 67.3 Å². The Kier molecular flexibility index (Phi) is 36.6. The molecule has 0 spiro atoms. The number of anilines is 1. The van der Waals surface area contributed by atoms with Gasteiger partial charge in [-0.1, -0.05) is 63.3 Å². The van der Waals surface area contributed by atoms with E-state index in [0.717, 1.165) is 12.2 Å². The number of para-hydroxylation sites is 2. The lowest BCUT2D eigenvalue weighted by atomic mass is 10.0. The number of benzene rings is 2. The molecule has 58 heavy (non-hydrogen) atoms. The fourth-order valence-corrected chi connectivity index (χ4v) is 5.20. The summed E-state index contributed by atoms with van der Waals surface area (Å²) in [7, 11) is 0. The fourth-order valence-electron chi connectivity index (χ4n) is 5.20. The predicted molar refractivity (Wildman–Crippen MR) is 224 cm³/mol. The first-order valence-corrected chi connectivity index (χ1v) is 21.3. The van der Waals surface area contributed by atoms with Crippen molar-refractivity contribution in [3.05, 3.63) is 54.1 Å². The topological polar surface area (TPSA) is 146 Å². The molecule has 0 fully saturated rings. The molecule has 0 bridgehead atoms. The van der Waals surface area contributed by atoms with Gasteiger partial charge in [0.05, 0.1) is 151 Å². The van der Waals surface area contributed by atoms with Gasteiger partial charge in [0.2, 0.25) is 0 Å². The average Bonchev–Trinajstić information content (AvgIpc) is 3.24. The normalized spacial score (nSPS) is 11.4. The van der Waals surface area contributed by atoms with Crippen LogP contribution in [-0.4, -0.2) is 159 Å². The summed E-state index contributed by atoms with van der Waals surface area (Å²) >= 11 is 0. The van der Waals surface area contributed by atoms with E-state index >= 15 is 0 Å². The Labute approximate surface area is 348 Å². The quantitative estimate of drug-likeness (QED) is 0.0633. The summed E-state index contributed by atoms with van der Waals surface area (Å²) in [5.41, 5.74) is 7.82. The number of rotatable bonds is 45. The van der Waals surface area contributed by atoms with E-state index in [1.165, 1.54) is 44.1 Å². The van der Waals surface area contributed by atoms with E-state index in [1.54, 1.807) is 6.07 Å². The summed E-state index contributed by atoms with van der Waals surface area (Å²) in [5, 5.41) is 0. The molecule has 0 aliphatic rings. The van der Waals surface area contributed by atoms with Crippen LogP contribution in [0.25, 0.3) is 0 Å². The number of aryl methyl sites for hydroxylation is 1. The SMILES string of the molecule is CCCCCCCCc1ccc(OCCOCCOCCOCCOCCOCCOCCOCCOCCOCCOCCOCCOc2ccccc2N)cc1. The minimum Gasteiger partial charge on any atom is -0.491 e. The number of nitrogen functional groups attached to an aromatic ring is 1. The van der Waals surface area contributed by atoms with E-state index in [9.17, 15) is 0 Å². The average molecular weight is 826 g/mol. The third-order valence-corrected chi connectivity index (χ3v) is 8.36. The lowest BCUT2D eigenvalue weighted by molar-refractivity contribution is -0.0279. The number of unbranched alkanes of at least 4 members (excludes halogenated alkanes) is 5. The second-order valence-electron chi connectivity index (χ2n) is 13.1. The Balaban J connectivity index is 1.16. The van der Waals surface area contributed by atoms with Gasteiger partial charge in [0.1, 0.15) is 24.7 Å². The maximum absolute atomic E-state index is 5.83. The molecule has 2 N–H and O–H groups in total. The van der Waals surface area contributed by atoms with Gasteiger partial charge in [0.25, 0.3) is 0 Å². The predicted octanol–water partition coefficient (Wildman–Crippen LogP) is 5.81. The maximum atomic E-state index is 5.83. The first kappa shape index (κ1) is 51.5. The molecule has 0 aromatic heterocycles. The Hall–Kier alpha value is -2.60. The van der Waals surface area contributed by atoms with Gasteiger partial charge in [0.15, 0.2) is 0 Å². The van der Waals surface area contributed by atoms with Crippen molar-refractivity contribution in [3.8, 4) is 11.5 Å². The van der Waals surface area contributed by atoms with Gasteiger partial charge in [-0.15, -0.1) is 0 Å². The number of ether oxygens (including phenoxy) is 13. The Morgan fingerprint density at radius 3 is 1.05 bits per heavy atom. The number of hydrogen-bond donors (Lipinski definition) is 1. The van der Waals surface area contributed by atoms with E-state index in [-0.39, 0.29) is 0 Å². The van der Waals surface area contributed by atoms with E-state index in [1.807, 2.05) is 30.3 Å². The molecule has 0 atom stereocenters. The Bertz CT molecular complexity index is 1130. The molecule has 2 rings (SSSR count). The maximum Gasteiger partial charge on any atom is 0.142 e. The molecule has 0 aliphatic carbocycles. The zero-order valence-corrected chi connectivity index (χ0v) is 35.4. The molecule has 0 aliphatic heterocycles. The summed E-state index contributed by atoms with van der Waals surface area (Å²) in [6.07, 6.45) is 9.07. The molecule has 0 amide bonds. The van der Waals surface area contributed by atoms with Crippen molar-refractivity contribution in [2.24, 2.45) is 0 Å². The van der Waals surface area contributed by atoms with Crippen molar-refractivity contribution in [1.29, 1.82) is 0 Å². The van der Waals surface area contributed by atoms with Crippen molar-refractivity contribution in [3.63, 3.8) is 0 Å². The molecule has 0 saturated carbocycles. The fraction of sp³-hybridized carbons (Fsp3) is 0.727. The van der Waals surface area contributed by atoms with Crippen LogP contribution in [0.2, 0.25) is 0 Å². The van der Waals surface area contributed by atoms with Crippen LogP contribution >= 0.6 is 0 Å². The molecular formula is C44H75NO13. The molecule has 0 saturated heterocycles. The van der Waals surface area contributed by atoms with Gasteiger partial charge in [-0.2, -0.15) is 0 Å². The molecule has 14 heteroatoms. The highest BCUT2D eigenvalue weighted by Crippen LogP contribution is 2.19. The summed E-state index contributed by atoms with van der Waals surface area (Å²) in [5.74, 6) is 1.55. The van der Waals surface area contributed by atoms with Crippen LogP contribution in [0.3, 0.4) is 0 Å². The zero-order valence-electron chi connectivity index (χ0n) is 35.4. The molecule has 0 heterocycles. The minimum atomic E-state index is 0.436. The second kappa shape index (κ2) is 41.1. The molecule has 0 unspecified atom stereocenters. The molecular weight excluding hydrogens is 750 g/mol. The third-order valence-electron chi connectivity index (χ3n) is 8.36.